The van der Waals surface area contributed by atoms with Gasteiger partial charge < -0.3 is 10.1 Å². The predicted molar refractivity (Wildman–Crippen MR) is 82.4 cm³/mol. The lowest BCUT2D eigenvalue weighted by Gasteiger charge is -2.15. The van der Waals surface area contributed by atoms with E-state index in [0.29, 0.717) is 25.2 Å². The van der Waals surface area contributed by atoms with E-state index < -0.39 is 9.05 Å². The molecule has 0 saturated heterocycles. The molecule has 0 atom stereocenters. The van der Waals surface area contributed by atoms with E-state index in [1.54, 1.807) is 13.1 Å². The predicted octanol–water partition coefficient (Wildman–Crippen LogP) is 2.64. The highest BCUT2D eigenvalue weighted by atomic mass is 35.7. The minimum atomic E-state index is -3.75. The summed E-state index contributed by atoms with van der Waals surface area (Å²) in [5.74, 6) is 0.676. The molecule has 0 unspecified atom stereocenters. The molecule has 0 radical (unpaired) electrons. The molecule has 0 aliphatic rings. The number of hydrogen-bond acceptors (Lipinski definition) is 4. The summed E-state index contributed by atoms with van der Waals surface area (Å²) in [6.07, 6.45) is 0.981. The van der Waals surface area contributed by atoms with Crippen LogP contribution in [0.1, 0.15) is 38.2 Å². The topological polar surface area (TPSA) is 72.5 Å². The van der Waals surface area contributed by atoms with Gasteiger partial charge in [-0.2, -0.15) is 0 Å². The van der Waals surface area contributed by atoms with E-state index in [-0.39, 0.29) is 16.7 Å². The molecule has 118 valence electrons. The summed E-state index contributed by atoms with van der Waals surface area (Å²) in [5.41, 5.74) is 0.775. The van der Waals surface area contributed by atoms with E-state index >= 15 is 0 Å². The van der Waals surface area contributed by atoms with Gasteiger partial charge in [0.2, 0.25) is 5.91 Å². The summed E-state index contributed by atoms with van der Waals surface area (Å²) in [6, 6.07) is 4.55. The standard InChI is InChI=1S/C14H20ClNO4S/c1-10(2)12-9-11(21(15,18)19)6-7-13(12)20-8-4-5-14(17)16-3/h6-7,9-10H,4-5,8H2,1-3H3,(H,16,17). The molecule has 1 rings (SSSR count). The zero-order valence-electron chi connectivity index (χ0n) is 12.3. The number of rotatable bonds is 7. The summed E-state index contributed by atoms with van der Waals surface area (Å²) >= 11 is 0. The minimum Gasteiger partial charge on any atom is -0.493 e. The number of ether oxygens (including phenoxy) is 1. The number of benzene rings is 1. The molecule has 1 aromatic rings. The van der Waals surface area contributed by atoms with Gasteiger partial charge in [-0.05, 0) is 36.1 Å². The van der Waals surface area contributed by atoms with E-state index in [9.17, 15) is 13.2 Å². The smallest absolute Gasteiger partial charge is 0.261 e. The maximum Gasteiger partial charge on any atom is 0.261 e. The Morgan fingerprint density at radius 3 is 2.57 bits per heavy atom. The molecule has 1 amide bonds. The lowest BCUT2D eigenvalue weighted by molar-refractivity contribution is -0.120. The maximum absolute atomic E-state index is 11.4. The second-order valence-corrected chi connectivity index (χ2v) is 7.48. The zero-order valence-corrected chi connectivity index (χ0v) is 13.9. The minimum absolute atomic E-state index is 0.0359. The molecule has 7 heteroatoms. The Kier molecular flexibility index (Phi) is 6.48. The van der Waals surface area contributed by atoms with Crippen LogP contribution in [0.3, 0.4) is 0 Å². The van der Waals surface area contributed by atoms with Crippen LogP contribution in [-0.2, 0) is 13.8 Å². The largest absolute Gasteiger partial charge is 0.493 e. The van der Waals surface area contributed by atoms with Gasteiger partial charge in [0.15, 0.2) is 0 Å². The first-order chi connectivity index (χ1) is 9.75. The van der Waals surface area contributed by atoms with Gasteiger partial charge in [0, 0.05) is 24.2 Å². The summed E-state index contributed by atoms with van der Waals surface area (Å²) in [4.78, 5) is 11.2. The summed E-state index contributed by atoms with van der Waals surface area (Å²) in [5, 5.41) is 2.54. The molecule has 0 spiro atoms. The van der Waals surface area contributed by atoms with Crippen molar-refractivity contribution < 1.29 is 17.9 Å². The van der Waals surface area contributed by atoms with E-state index in [4.69, 9.17) is 15.4 Å². The van der Waals surface area contributed by atoms with E-state index in [0.717, 1.165) is 5.56 Å². The molecular weight excluding hydrogens is 314 g/mol. The van der Waals surface area contributed by atoms with Crippen LogP contribution < -0.4 is 10.1 Å². The van der Waals surface area contributed by atoms with Gasteiger partial charge in [0.05, 0.1) is 11.5 Å². The average molecular weight is 334 g/mol. The van der Waals surface area contributed by atoms with Crippen LogP contribution in [0.5, 0.6) is 5.75 Å². The summed E-state index contributed by atoms with van der Waals surface area (Å²) < 4.78 is 28.4. The first-order valence-corrected chi connectivity index (χ1v) is 8.98. The molecule has 0 saturated carbocycles. The van der Waals surface area contributed by atoms with Crippen LogP contribution in [0.2, 0.25) is 0 Å². The summed E-state index contributed by atoms with van der Waals surface area (Å²) in [6.45, 7) is 4.27. The van der Waals surface area contributed by atoms with Crippen molar-refractivity contribution in [1.29, 1.82) is 0 Å². The van der Waals surface area contributed by atoms with E-state index in [1.165, 1.54) is 12.1 Å². The number of carbonyl (C=O) groups is 1. The first kappa shape index (κ1) is 17.8. The third-order valence-corrected chi connectivity index (χ3v) is 4.32. The molecule has 0 bridgehead atoms. The van der Waals surface area contributed by atoms with Crippen LogP contribution in [0.15, 0.2) is 23.1 Å². The van der Waals surface area contributed by atoms with Gasteiger partial charge in [-0.3, -0.25) is 4.79 Å². The molecule has 0 heterocycles. The SMILES string of the molecule is CNC(=O)CCCOc1ccc(S(=O)(=O)Cl)cc1C(C)C. The molecule has 1 N–H and O–H groups in total. The molecule has 1 aromatic carbocycles. The number of amides is 1. The third kappa shape index (κ3) is 5.55. The average Bonchev–Trinajstić information content (AvgIpc) is 2.41. The van der Waals surface area contributed by atoms with Crippen molar-refractivity contribution in [2.45, 2.75) is 37.5 Å². The fourth-order valence-corrected chi connectivity index (χ4v) is 2.59. The van der Waals surface area contributed by atoms with Crippen LogP contribution in [0.25, 0.3) is 0 Å². The van der Waals surface area contributed by atoms with E-state index in [1.807, 2.05) is 13.8 Å². The van der Waals surface area contributed by atoms with Gasteiger partial charge in [-0.15, -0.1) is 0 Å². The summed E-state index contributed by atoms with van der Waals surface area (Å²) in [7, 11) is 3.19. The Balaban J connectivity index is 2.80. The normalized spacial score (nSPS) is 11.5. The van der Waals surface area contributed by atoms with Crippen molar-refractivity contribution in [2.24, 2.45) is 0 Å². The Hall–Kier alpha value is -1.27. The van der Waals surface area contributed by atoms with Crippen molar-refractivity contribution in [2.75, 3.05) is 13.7 Å². The van der Waals surface area contributed by atoms with E-state index in [2.05, 4.69) is 5.32 Å². The highest BCUT2D eigenvalue weighted by molar-refractivity contribution is 8.13. The second kappa shape index (κ2) is 7.66. The Labute approximate surface area is 130 Å². The van der Waals surface area contributed by atoms with Crippen molar-refractivity contribution in [3.8, 4) is 5.75 Å². The van der Waals surface area contributed by atoms with Gasteiger partial charge in [-0.1, -0.05) is 13.8 Å². The number of carbonyl (C=O) groups excluding carboxylic acids is 1. The highest BCUT2D eigenvalue weighted by Gasteiger charge is 2.15. The molecule has 0 fully saturated rings. The number of hydrogen-bond donors (Lipinski definition) is 1. The Bertz CT molecular complexity index is 599. The number of nitrogens with one attached hydrogen (secondary N) is 1. The fraction of sp³-hybridized carbons (Fsp3) is 0.500. The Morgan fingerprint density at radius 2 is 2.05 bits per heavy atom. The van der Waals surface area contributed by atoms with Gasteiger partial charge in [-0.25, -0.2) is 8.42 Å². The quantitative estimate of drug-likeness (QED) is 0.615. The highest BCUT2D eigenvalue weighted by Crippen LogP contribution is 2.30. The van der Waals surface area contributed by atoms with Crippen molar-refractivity contribution >= 4 is 25.6 Å². The van der Waals surface area contributed by atoms with Gasteiger partial charge >= 0.3 is 0 Å². The lowest BCUT2D eigenvalue weighted by Crippen LogP contribution is -2.18. The molecule has 0 aliphatic heterocycles. The first-order valence-electron chi connectivity index (χ1n) is 6.67. The fourth-order valence-electron chi connectivity index (χ4n) is 1.80. The lowest BCUT2D eigenvalue weighted by atomic mass is 10.0. The Morgan fingerprint density at radius 1 is 1.38 bits per heavy atom. The second-order valence-electron chi connectivity index (χ2n) is 4.92. The van der Waals surface area contributed by atoms with Crippen LogP contribution in [0.4, 0.5) is 0 Å². The van der Waals surface area contributed by atoms with Gasteiger partial charge in [0.25, 0.3) is 9.05 Å². The molecular formula is C14H20ClNO4S. The number of halogens is 1. The molecule has 5 nitrogen and oxygen atoms in total. The van der Waals surface area contributed by atoms with Gasteiger partial charge in [0.1, 0.15) is 5.75 Å². The molecule has 0 aromatic heterocycles. The monoisotopic (exact) mass is 333 g/mol. The maximum atomic E-state index is 11.4. The molecule has 21 heavy (non-hydrogen) atoms. The third-order valence-electron chi connectivity index (χ3n) is 2.97. The van der Waals surface area contributed by atoms with Crippen molar-refractivity contribution in [3.63, 3.8) is 0 Å². The van der Waals surface area contributed by atoms with Crippen LogP contribution >= 0.6 is 10.7 Å². The van der Waals surface area contributed by atoms with Crippen molar-refractivity contribution in [3.05, 3.63) is 23.8 Å². The molecule has 0 aliphatic carbocycles. The zero-order chi connectivity index (χ0) is 16.0. The van der Waals surface area contributed by atoms with Crippen molar-refractivity contribution in [1.82, 2.24) is 5.32 Å². The van der Waals surface area contributed by atoms with Crippen LogP contribution in [0, 0.1) is 0 Å². The van der Waals surface area contributed by atoms with Crippen LogP contribution in [-0.4, -0.2) is 28.0 Å².